The maximum atomic E-state index is 13.8. The molecule has 1 aliphatic rings. The Balaban J connectivity index is 1.56. The lowest BCUT2D eigenvalue weighted by molar-refractivity contribution is -0.135. The van der Waals surface area contributed by atoms with Crippen molar-refractivity contribution >= 4 is 11.7 Å². The highest BCUT2D eigenvalue weighted by Crippen LogP contribution is 2.24. The number of halogens is 1. The van der Waals surface area contributed by atoms with Crippen molar-refractivity contribution in [2.75, 3.05) is 25.0 Å². The van der Waals surface area contributed by atoms with Crippen LogP contribution in [0.1, 0.15) is 24.0 Å². The first-order valence-corrected chi connectivity index (χ1v) is 8.68. The molecule has 0 bridgehead atoms. The first-order chi connectivity index (χ1) is 12.6. The summed E-state index contributed by atoms with van der Waals surface area (Å²) in [7, 11) is 1.73. The Hall–Kier alpha value is -2.94. The van der Waals surface area contributed by atoms with Crippen LogP contribution in [0.15, 0.2) is 42.6 Å². The predicted octanol–water partition coefficient (Wildman–Crippen LogP) is 2.97. The summed E-state index contributed by atoms with van der Waals surface area (Å²) in [6.07, 6.45) is 3.04. The summed E-state index contributed by atoms with van der Waals surface area (Å²) in [6, 6.07) is 12.2. The van der Waals surface area contributed by atoms with Crippen LogP contribution in [0, 0.1) is 23.1 Å². The van der Waals surface area contributed by atoms with Crippen molar-refractivity contribution in [3.63, 3.8) is 0 Å². The van der Waals surface area contributed by atoms with Gasteiger partial charge in [-0.05, 0) is 31.0 Å². The molecule has 6 heteroatoms. The second-order valence-corrected chi connectivity index (χ2v) is 6.56. The number of carbonyl (C=O) groups excluding carboxylic acids is 1. The van der Waals surface area contributed by atoms with Crippen molar-refractivity contribution in [1.82, 2.24) is 9.88 Å². The molecule has 0 radical (unpaired) electrons. The predicted molar refractivity (Wildman–Crippen MR) is 96.8 cm³/mol. The second-order valence-electron chi connectivity index (χ2n) is 6.56. The minimum atomic E-state index is -0.283. The smallest absolute Gasteiger partial charge is 0.225 e. The summed E-state index contributed by atoms with van der Waals surface area (Å²) in [5, 5.41) is 8.84. The molecule has 3 rings (SSSR count). The van der Waals surface area contributed by atoms with E-state index in [-0.39, 0.29) is 24.2 Å². The van der Waals surface area contributed by atoms with Gasteiger partial charge in [0.05, 0.1) is 5.56 Å². The first-order valence-electron chi connectivity index (χ1n) is 8.68. The summed E-state index contributed by atoms with van der Waals surface area (Å²) in [6.45, 7) is 1.76. The maximum absolute atomic E-state index is 13.8. The fraction of sp³-hybridized carbons (Fsp3) is 0.350. The Morgan fingerprint density at radius 3 is 2.65 bits per heavy atom. The summed E-state index contributed by atoms with van der Waals surface area (Å²) >= 11 is 0. The number of nitrogens with zero attached hydrogens (tertiary/aromatic N) is 4. The van der Waals surface area contributed by atoms with E-state index in [0.29, 0.717) is 11.1 Å². The molecule has 1 saturated heterocycles. The molecule has 1 fully saturated rings. The Kier molecular flexibility index (Phi) is 5.47. The van der Waals surface area contributed by atoms with Crippen molar-refractivity contribution in [1.29, 1.82) is 5.26 Å². The number of hydrogen-bond acceptors (Lipinski definition) is 4. The van der Waals surface area contributed by atoms with Gasteiger partial charge in [0.1, 0.15) is 17.7 Å². The van der Waals surface area contributed by atoms with Gasteiger partial charge in [0.25, 0.3) is 0 Å². The fourth-order valence-electron chi connectivity index (χ4n) is 3.27. The van der Waals surface area contributed by atoms with Crippen molar-refractivity contribution in [3.8, 4) is 6.07 Å². The van der Waals surface area contributed by atoms with E-state index >= 15 is 0 Å². The third-order valence-corrected chi connectivity index (χ3v) is 4.79. The van der Waals surface area contributed by atoms with Crippen LogP contribution >= 0.6 is 0 Å². The highest BCUT2D eigenvalue weighted by molar-refractivity contribution is 5.79. The van der Waals surface area contributed by atoms with Gasteiger partial charge in [-0.25, -0.2) is 9.37 Å². The van der Waals surface area contributed by atoms with Gasteiger partial charge < -0.3 is 9.80 Å². The van der Waals surface area contributed by atoms with Crippen LogP contribution in [0.4, 0.5) is 10.2 Å². The minimum Gasteiger partial charge on any atom is -0.357 e. The quantitative estimate of drug-likeness (QED) is 0.849. The molecule has 0 unspecified atom stereocenters. The van der Waals surface area contributed by atoms with Gasteiger partial charge in [-0.2, -0.15) is 5.26 Å². The largest absolute Gasteiger partial charge is 0.357 e. The lowest BCUT2D eigenvalue weighted by Crippen LogP contribution is -2.41. The van der Waals surface area contributed by atoms with Gasteiger partial charge in [-0.1, -0.05) is 18.2 Å². The van der Waals surface area contributed by atoms with Crippen LogP contribution in [-0.2, 0) is 11.3 Å². The second kappa shape index (κ2) is 7.96. The first kappa shape index (κ1) is 17.9. The normalized spacial score (nSPS) is 14.7. The van der Waals surface area contributed by atoms with Gasteiger partial charge in [0.15, 0.2) is 0 Å². The number of aromatic nitrogens is 1. The molecular weight excluding hydrogens is 331 g/mol. The van der Waals surface area contributed by atoms with Crippen molar-refractivity contribution in [3.05, 3.63) is 59.5 Å². The van der Waals surface area contributed by atoms with Crippen LogP contribution in [0.5, 0.6) is 0 Å². The number of benzene rings is 1. The Bertz CT molecular complexity index is 807. The highest BCUT2D eigenvalue weighted by Gasteiger charge is 2.28. The molecule has 0 atom stereocenters. The monoisotopic (exact) mass is 352 g/mol. The zero-order valence-electron chi connectivity index (χ0n) is 14.7. The van der Waals surface area contributed by atoms with Gasteiger partial charge >= 0.3 is 0 Å². The Morgan fingerprint density at radius 2 is 2.04 bits per heavy atom. The molecule has 134 valence electrons. The number of pyridine rings is 1. The van der Waals surface area contributed by atoms with Crippen molar-refractivity contribution in [2.45, 2.75) is 19.4 Å². The molecule has 0 N–H and O–H groups in total. The lowest BCUT2D eigenvalue weighted by atomic mass is 9.95. The van der Waals surface area contributed by atoms with E-state index in [2.05, 4.69) is 16.0 Å². The van der Waals surface area contributed by atoms with E-state index in [4.69, 9.17) is 5.26 Å². The average Bonchev–Trinajstić information content (AvgIpc) is 2.69. The fourth-order valence-corrected chi connectivity index (χ4v) is 3.27. The molecule has 0 aliphatic carbocycles. The molecule has 0 saturated carbocycles. The summed E-state index contributed by atoms with van der Waals surface area (Å²) in [4.78, 5) is 20.7. The van der Waals surface area contributed by atoms with Gasteiger partial charge in [-0.15, -0.1) is 0 Å². The molecule has 2 heterocycles. The summed E-state index contributed by atoms with van der Waals surface area (Å²) in [5.41, 5.74) is 1.07. The molecule has 1 aromatic heterocycles. The Labute approximate surface area is 152 Å². The van der Waals surface area contributed by atoms with E-state index in [1.807, 2.05) is 6.07 Å². The van der Waals surface area contributed by atoms with Crippen LogP contribution in [-0.4, -0.2) is 35.9 Å². The van der Waals surface area contributed by atoms with Gasteiger partial charge in [0, 0.05) is 44.4 Å². The maximum Gasteiger partial charge on any atom is 0.225 e. The summed E-state index contributed by atoms with van der Waals surface area (Å²) < 4.78 is 13.8. The molecule has 2 aromatic rings. The molecular formula is C20H21FN4O. The zero-order valence-corrected chi connectivity index (χ0v) is 14.7. The average molecular weight is 352 g/mol. The van der Waals surface area contributed by atoms with E-state index in [1.54, 1.807) is 42.4 Å². The van der Waals surface area contributed by atoms with Crippen molar-refractivity contribution < 1.29 is 9.18 Å². The van der Waals surface area contributed by atoms with Crippen LogP contribution in [0.3, 0.4) is 0 Å². The van der Waals surface area contributed by atoms with Crippen LogP contribution in [0.2, 0.25) is 0 Å². The van der Waals surface area contributed by atoms with Crippen LogP contribution < -0.4 is 4.90 Å². The SMILES string of the molecule is CN(Cc1ccccc1F)C(=O)C1CCN(c2ccc(C#N)cn2)CC1. The van der Waals surface area contributed by atoms with Gasteiger partial charge in [0.2, 0.25) is 5.91 Å². The molecule has 26 heavy (non-hydrogen) atoms. The van der Waals surface area contributed by atoms with E-state index in [9.17, 15) is 9.18 Å². The lowest BCUT2D eigenvalue weighted by Gasteiger charge is -2.34. The number of amides is 1. The number of hydrogen-bond donors (Lipinski definition) is 0. The van der Waals surface area contributed by atoms with E-state index in [0.717, 1.165) is 31.7 Å². The highest BCUT2D eigenvalue weighted by atomic mass is 19.1. The molecule has 1 aliphatic heterocycles. The standard InChI is InChI=1S/C20H21FN4O/c1-24(14-17-4-2-3-5-18(17)21)20(26)16-8-10-25(11-9-16)19-7-6-15(12-22)13-23-19/h2-7,13,16H,8-11,14H2,1H3. The third kappa shape index (κ3) is 3.99. The minimum absolute atomic E-state index is 0.0543. The zero-order chi connectivity index (χ0) is 18.5. The third-order valence-electron chi connectivity index (χ3n) is 4.79. The van der Waals surface area contributed by atoms with Gasteiger partial charge in [-0.3, -0.25) is 4.79 Å². The topological polar surface area (TPSA) is 60.2 Å². The molecule has 1 aromatic carbocycles. The number of rotatable bonds is 4. The van der Waals surface area contributed by atoms with E-state index in [1.165, 1.54) is 6.07 Å². The summed E-state index contributed by atoms with van der Waals surface area (Å²) in [5.74, 6) is 0.547. The number of piperidine rings is 1. The molecule has 0 spiro atoms. The van der Waals surface area contributed by atoms with E-state index < -0.39 is 0 Å². The Morgan fingerprint density at radius 1 is 1.31 bits per heavy atom. The molecule has 5 nitrogen and oxygen atoms in total. The van der Waals surface area contributed by atoms with Crippen molar-refractivity contribution in [2.24, 2.45) is 5.92 Å². The molecule has 1 amide bonds. The number of anilines is 1. The number of carbonyl (C=O) groups is 1. The number of nitriles is 1. The van der Waals surface area contributed by atoms with Crippen LogP contribution in [0.25, 0.3) is 0 Å².